The summed E-state index contributed by atoms with van der Waals surface area (Å²) in [5.41, 5.74) is 3.42. The van der Waals surface area contributed by atoms with Crippen LogP contribution in [0.4, 0.5) is 5.69 Å². The third-order valence-electron chi connectivity index (χ3n) is 4.07. The molecule has 5 heteroatoms. The zero-order valence-electron chi connectivity index (χ0n) is 15.0. The number of aromatic hydroxyl groups is 1. The lowest BCUT2D eigenvalue weighted by Gasteiger charge is -2.08. The lowest BCUT2D eigenvalue weighted by molar-refractivity contribution is 0.0697. The van der Waals surface area contributed by atoms with E-state index >= 15 is 0 Å². The topological polar surface area (TPSA) is 79.1 Å². The molecular weight excluding hydrogens is 342 g/mol. The van der Waals surface area contributed by atoms with Crippen molar-refractivity contribution in [3.8, 4) is 17.2 Å². The van der Waals surface area contributed by atoms with Gasteiger partial charge in [-0.05, 0) is 73.5 Å². The Balaban J connectivity index is 1.81. The van der Waals surface area contributed by atoms with Gasteiger partial charge in [0, 0.05) is 11.8 Å². The first-order valence-electron chi connectivity index (χ1n) is 8.39. The van der Waals surface area contributed by atoms with Gasteiger partial charge < -0.3 is 14.9 Å². The quantitative estimate of drug-likeness (QED) is 0.602. The molecule has 27 heavy (non-hydrogen) atoms. The van der Waals surface area contributed by atoms with Crippen molar-refractivity contribution in [3.63, 3.8) is 0 Å². The van der Waals surface area contributed by atoms with Crippen LogP contribution in [0.2, 0.25) is 0 Å². The molecule has 5 nitrogen and oxygen atoms in total. The van der Waals surface area contributed by atoms with Crippen molar-refractivity contribution in [1.82, 2.24) is 0 Å². The Morgan fingerprint density at radius 3 is 2.30 bits per heavy atom. The maximum absolute atomic E-state index is 11.2. The van der Waals surface area contributed by atoms with E-state index < -0.39 is 5.97 Å². The summed E-state index contributed by atoms with van der Waals surface area (Å²) in [5, 5.41) is 18.6. The summed E-state index contributed by atoms with van der Waals surface area (Å²) >= 11 is 0. The van der Waals surface area contributed by atoms with E-state index in [2.05, 4.69) is 4.99 Å². The number of carboxylic acid groups (broad SMARTS) is 1. The molecule has 0 amide bonds. The lowest BCUT2D eigenvalue weighted by Crippen LogP contribution is -1.97. The Morgan fingerprint density at radius 1 is 0.926 bits per heavy atom. The predicted molar refractivity (Wildman–Crippen MR) is 105 cm³/mol. The summed E-state index contributed by atoms with van der Waals surface area (Å²) in [5.74, 6) is 0.360. The van der Waals surface area contributed by atoms with Crippen molar-refractivity contribution in [2.24, 2.45) is 4.99 Å². The van der Waals surface area contributed by atoms with Crippen LogP contribution in [0.1, 0.15) is 28.4 Å². The molecule has 0 saturated heterocycles. The number of ether oxygens (including phenoxy) is 1. The van der Waals surface area contributed by atoms with E-state index in [0.29, 0.717) is 17.2 Å². The van der Waals surface area contributed by atoms with E-state index in [1.54, 1.807) is 42.5 Å². The van der Waals surface area contributed by atoms with Gasteiger partial charge in [-0.1, -0.05) is 12.1 Å². The Hall–Kier alpha value is -3.60. The first-order valence-corrected chi connectivity index (χ1v) is 8.39. The van der Waals surface area contributed by atoms with Gasteiger partial charge in [-0.2, -0.15) is 0 Å². The van der Waals surface area contributed by atoms with Crippen LogP contribution in [0.5, 0.6) is 17.2 Å². The highest BCUT2D eigenvalue weighted by atomic mass is 16.5. The third-order valence-corrected chi connectivity index (χ3v) is 4.07. The summed E-state index contributed by atoms with van der Waals surface area (Å²) in [7, 11) is 0. The van der Waals surface area contributed by atoms with Gasteiger partial charge in [-0.15, -0.1) is 0 Å². The van der Waals surface area contributed by atoms with Crippen LogP contribution in [0, 0.1) is 6.92 Å². The molecule has 0 aliphatic carbocycles. The molecule has 3 rings (SSSR count). The summed E-state index contributed by atoms with van der Waals surface area (Å²) in [6.07, 6.45) is 0. The molecule has 0 heterocycles. The summed E-state index contributed by atoms with van der Waals surface area (Å²) in [4.78, 5) is 15.7. The zero-order chi connectivity index (χ0) is 19.4. The minimum atomic E-state index is -0.974. The van der Waals surface area contributed by atoms with E-state index in [-0.39, 0.29) is 11.3 Å². The van der Waals surface area contributed by atoms with E-state index in [9.17, 15) is 9.90 Å². The average molecular weight is 361 g/mol. The largest absolute Gasteiger partial charge is 0.508 e. The zero-order valence-corrected chi connectivity index (χ0v) is 15.0. The van der Waals surface area contributed by atoms with Crippen LogP contribution in [0.25, 0.3) is 0 Å². The number of aryl methyl sites for hydroxylation is 1. The van der Waals surface area contributed by atoms with Crippen molar-refractivity contribution in [2.45, 2.75) is 13.8 Å². The van der Waals surface area contributed by atoms with Crippen molar-refractivity contribution < 1.29 is 19.7 Å². The summed E-state index contributed by atoms with van der Waals surface area (Å²) in [6, 6.07) is 18.9. The van der Waals surface area contributed by atoms with Crippen LogP contribution in [0.15, 0.2) is 71.7 Å². The second-order valence-electron chi connectivity index (χ2n) is 6.13. The molecule has 0 spiro atoms. The minimum Gasteiger partial charge on any atom is -0.508 e. The maximum Gasteiger partial charge on any atom is 0.335 e. The molecule has 0 aliphatic rings. The average Bonchev–Trinajstić information content (AvgIpc) is 2.64. The summed E-state index contributed by atoms with van der Waals surface area (Å²) in [6.45, 7) is 3.77. The van der Waals surface area contributed by atoms with Gasteiger partial charge in [0.1, 0.15) is 17.2 Å². The monoisotopic (exact) mass is 361 g/mol. The standard InChI is InChI=1S/C22H19NO4/c1-14-6-7-17(22(25)26)12-21(14)23-15(2)16-8-10-19(11-9-16)27-20-5-3-4-18(24)13-20/h3-13,24H,1-2H3,(H,25,26). The number of aromatic carboxylic acids is 1. The Bertz CT molecular complexity index is 1010. The number of phenols is 1. The minimum absolute atomic E-state index is 0.144. The molecule has 3 aromatic carbocycles. The predicted octanol–water partition coefficient (Wildman–Crippen LogP) is 5.33. The van der Waals surface area contributed by atoms with E-state index in [0.717, 1.165) is 16.8 Å². The van der Waals surface area contributed by atoms with Crippen LogP contribution >= 0.6 is 0 Å². The van der Waals surface area contributed by atoms with Gasteiger partial charge in [0.25, 0.3) is 0 Å². The molecule has 0 saturated carbocycles. The molecule has 0 aliphatic heterocycles. The first kappa shape index (κ1) is 18.2. The van der Waals surface area contributed by atoms with Gasteiger partial charge in [0.2, 0.25) is 0 Å². The summed E-state index contributed by atoms with van der Waals surface area (Å²) < 4.78 is 5.71. The van der Waals surface area contributed by atoms with Gasteiger partial charge in [0.05, 0.1) is 11.3 Å². The Morgan fingerprint density at radius 2 is 1.63 bits per heavy atom. The van der Waals surface area contributed by atoms with Gasteiger partial charge in [-0.25, -0.2) is 4.79 Å². The number of aliphatic imine (C=N–C) groups is 1. The number of benzene rings is 3. The number of hydrogen-bond donors (Lipinski definition) is 2. The fraction of sp³-hybridized carbons (Fsp3) is 0.0909. The first-order chi connectivity index (χ1) is 12.9. The lowest BCUT2D eigenvalue weighted by atomic mass is 10.1. The number of nitrogens with zero attached hydrogens (tertiary/aromatic N) is 1. The van der Waals surface area contributed by atoms with Crippen LogP contribution in [-0.2, 0) is 0 Å². The number of phenolic OH excluding ortho intramolecular Hbond substituents is 1. The highest BCUT2D eigenvalue weighted by Gasteiger charge is 2.07. The van der Waals surface area contributed by atoms with Gasteiger partial charge in [0.15, 0.2) is 0 Å². The van der Waals surface area contributed by atoms with Crippen molar-refractivity contribution in [1.29, 1.82) is 0 Å². The van der Waals surface area contributed by atoms with Crippen molar-refractivity contribution >= 4 is 17.4 Å². The molecule has 0 atom stereocenters. The fourth-order valence-electron chi connectivity index (χ4n) is 2.56. The van der Waals surface area contributed by atoms with Crippen molar-refractivity contribution in [3.05, 3.63) is 83.4 Å². The third kappa shape index (κ3) is 4.52. The number of hydrogen-bond acceptors (Lipinski definition) is 4. The van der Waals surface area contributed by atoms with Crippen molar-refractivity contribution in [2.75, 3.05) is 0 Å². The highest BCUT2D eigenvalue weighted by Crippen LogP contribution is 2.26. The van der Waals surface area contributed by atoms with Crippen LogP contribution < -0.4 is 4.74 Å². The Labute approximate surface area is 157 Å². The molecule has 2 N–H and O–H groups in total. The van der Waals surface area contributed by atoms with Gasteiger partial charge in [-0.3, -0.25) is 4.99 Å². The molecule has 0 radical (unpaired) electrons. The highest BCUT2D eigenvalue weighted by molar-refractivity contribution is 6.00. The molecular formula is C22H19NO4. The normalized spacial score (nSPS) is 11.3. The molecule has 0 fully saturated rings. The van der Waals surface area contributed by atoms with Crippen LogP contribution in [-0.4, -0.2) is 21.9 Å². The maximum atomic E-state index is 11.2. The molecule has 0 aromatic heterocycles. The van der Waals surface area contributed by atoms with E-state index in [4.69, 9.17) is 9.84 Å². The van der Waals surface area contributed by atoms with E-state index in [1.165, 1.54) is 0 Å². The second kappa shape index (κ2) is 7.74. The number of carboxylic acids is 1. The SMILES string of the molecule is CC(=Nc1cc(C(=O)O)ccc1C)c1ccc(Oc2cccc(O)c2)cc1. The fourth-order valence-corrected chi connectivity index (χ4v) is 2.56. The second-order valence-corrected chi connectivity index (χ2v) is 6.13. The molecule has 0 unspecified atom stereocenters. The number of carbonyl (C=O) groups is 1. The number of rotatable bonds is 5. The molecule has 136 valence electrons. The van der Waals surface area contributed by atoms with Crippen LogP contribution in [0.3, 0.4) is 0 Å². The smallest absolute Gasteiger partial charge is 0.335 e. The molecule has 3 aromatic rings. The Kier molecular flexibility index (Phi) is 5.22. The van der Waals surface area contributed by atoms with E-state index in [1.807, 2.05) is 38.1 Å². The van der Waals surface area contributed by atoms with Gasteiger partial charge >= 0.3 is 5.97 Å². The molecule has 0 bridgehead atoms.